The second kappa shape index (κ2) is 10.6. The molecule has 1 aliphatic heterocycles. The van der Waals surface area contributed by atoms with Crippen molar-refractivity contribution in [1.82, 2.24) is 25.3 Å². The van der Waals surface area contributed by atoms with E-state index in [1.165, 1.54) is 0 Å². The van der Waals surface area contributed by atoms with Crippen LogP contribution in [0.2, 0.25) is 0 Å². The molecule has 3 rings (SSSR count). The maximum absolute atomic E-state index is 12.2. The molecular weight excluding hydrogens is 479 g/mol. The Morgan fingerprint density at radius 3 is 2.72 bits per heavy atom. The van der Waals surface area contributed by atoms with Gasteiger partial charge in [0.1, 0.15) is 0 Å². The van der Waals surface area contributed by atoms with E-state index in [2.05, 4.69) is 32.9 Å². The topological polar surface area (TPSA) is 74.6 Å². The molecule has 29 heavy (non-hydrogen) atoms. The summed E-state index contributed by atoms with van der Waals surface area (Å²) in [5.41, 5.74) is 3.17. The number of amides is 1. The number of likely N-dealkylation sites (tertiary alicyclic amines) is 1. The number of halogens is 1. The van der Waals surface area contributed by atoms with E-state index in [-0.39, 0.29) is 41.8 Å². The molecule has 1 amide bonds. The smallest absolute Gasteiger partial charge is 0.225 e. The molecule has 0 spiro atoms. The predicted molar refractivity (Wildman–Crippen MR) is 127 cm³/mol. The first-order chi connectivity index (χ1) is 13.5. The molecule has 1 aromatic carbocycles. The van der Waals surface area contributed by atoms with Gasteiger partial charge in [-0.3, -0.25) is 9.79 Å². The van der Waals surface area contributed by atoms with E-state index >= 15 is 0 Å². The number of carbonyl (C=O) groups is 1. The van der Waals surface area contributed by atoms with Gasteiger partial charge in [0.2, 0.25) is 5.91 Å². The molecule has 1 aliphatic rings. The van der Waals surface area contributed by atoms with E-state index in [1.807, 2.05) is 54.7 Å². The Morgan fingerprint density at radius 2 is 2.07 bits per heavy atom. The van der Waals surface area contributed by atoms with Crippen molar-refractivity contribution < 1.29 is 4.79 Å². The number of aryl methyl sites for hydroxylation is 1. The molecular formula is C21H31IN6O. The van der Waals surface area contributed by atoms with Crippen LogP contribution in [0.1, 0.15) is 31.5 Å². The van der Waals surface area contributed by atoms with Crippen molar-refractivity contribution in [2.75, 3.05) is 20.1 Å². The Hall–Kier alpha value is -2.10. The van der Waals surface area contributed by atoms with Gasteiger partial charge in [0.05, 0.1) is 11.4 Å². The summed E-state index contributed by atoms with van der Waals surface area (Å²) in [5, 5.41) is 11.4. The highest BCUT2D eigenvalue weighted by Gasteiger charge is 2.27. The number of benzene rings is 1. The molecule has 1 aromatic heterocycles. The monoisotopic (exact) mass is 510 g/mol. The Bertz CT molecular complexity index is 847. The van der Waals surface area contributed by atoms with Crippen LogP contribution >= 0.6 is 24.0 Å². The van der Waals surface area contributed by atoms with Crippen molar-refractivity contribution in [1.29, 1.82) is 0 Å². The molecule has 1 unspecified atom stereocenters. The van der Waals surface area contributed by atoms with Gasteiger partial charge in [-0.15, -0.1) is 24.0 Å². The van der Waals surface area contributed by atoms with E-state index in [9.17, 15) is 4.79 Å². The average Bonchev–Trinajstić information content (AvgIpc) is 3.33. The fourth-order valence-corrected chi connectivity index (χ4v) is 3.44. The molecule has 158 valence electrons. The molecule has 0 bridgehead atoms. The number of para-hydroxylation sites is 1. The van der Waals surface area contributed by atoms with E-state index < -0.39 is 0 Å². The maximum atomic E-state index is 12.2. The Kier molecular flexibility index (Phi) is 8.48. The van der Waals surface area contributed by atoms with Crippen LogP contribution < -0.4 is 10.6 Å². The lowest BCUT2D eigenvalue weighted by Gasteiger charge is -2.20. The number of hydrogen-bond donors (Lipinski definition) is 2. The zero-order valence-electron chi connectivity index (χ0n) is 17.6. The molecule has 2 heterocycles. The third-order valence-electron chi connectivity index (χ3n) is 4.97. The first-order valence-electron chi connectivity index (χ1n) is 9.84. The van der Waals surface area contributed by atoms with Gasteiger partial charge < -0.3 is 15.5 Å². The number of aliphatic imine (C=N–C) groups is 1. The van der Waals surface area contributed by atoms with Gasteiger partial charge in [-0.1, -0.05) is 32.0 Å². The fourth-order valence-electron chi connectivity index (χ4n) is 3.44. The zero-order chi connectivity index (χ0) is 20.1. The van der Waals surface area contributed by atoms with Gasteiger partial charge >= 0.3 is 0 Å². The second-order valence-corrected chi connectivity index (χ2v) is 7.53. The Balaban J connectivity index is 0.00000300. The Labute approximate surface area is 190 Å². The highest BCUT2D eigenvalue weighted by Crippen LogP contribution is 2.15. The number of nitrogens with zero attached hydrogens (tertiary/aromatic N) is 4. The highest BCUT2D eigenvalue weighted by molar-refractivity contribution is 14.0. The van der Waals surface area contributed by atoms with E-state index in [4.69, 9.17) is 0 Å². The molecule has 7 nitrogen and oxygen atoms in total. The van der Waals surface area contributed by atoms with Crippen molar-refractivity contribution in [3.8, 4) is 5.69 Å². The first-order valence-corrected chi connectivity index (χ1v) is 9.84. The van der Waals surface area contributed by atoms with Crippen LogP contribution in [0.15, 0.2) is 41.5 Å². The van der Waals surface area contributed by atoms with Crippen LogP contribution in [0, 0.1) is 12.8 Å². The summed E-state index contributed by atoms with van der Waals surface area (Å²) in [5.74, 6) is 1.00. The number of carbonyl (C=O) groups excluding carboxylic acids is 1. The zero-order valence-corrected chi connectivity index (χ0v) is 19.9. The molecule has 8 heteroatoms. The summed E-state index contributed by atoms with van der Waals surface area (Å²) in [6, 6.07) is 10.4. The molecule has 1 saturated heterocycles. The summed E-state index contributed by atoms with van der Waals surface area (Å²) in [6.07, 6.45) is 2.91. The molecule has 0 radical (unpaired) electrons. The van der Waals surface area contributed by atoms with Crippen molar-refractivity contribution in [2.45, 2.75) is 39.8 Å². The lowest BCUT2D eigenvalue weighted by Crippen LogP contribution is -2.45. The van der Waals surface area contributed by atoms with Crippen LogP contribution in [0.4, 0.5) is 0 Å². The summed E-state index contributed by atoms with van der Waals surface area (Å²) >= 11 is 0. The van der Waals surface area contributed by atoms with Gasteiger partial charge in [-0.2, -0.15) is 5.10 Å². The molecule has 1 atom stereocenters. The normalized spacial score (nSPS) is 16.7. The number of rotatable bonds is 5. The standard InChI is InChI=1S/C21H30N6O.HI/c1-15(2)20(28)26-11-10-18(14-26)24-21(22-4)23-13-17-7-5-6-8-19(17)27-12-9-16(3)25-27;/h5-9,12,15,18H,10-11,13-14H2,1-4H3,(H2,22,23,24);1H. The largest absolute Gasteiger partial charge is 0.352 e. The summed E-state index contributed by atoms with van der Waals surface area (Å²) in [7, 11) is 1.77. The summed E-state index contributed by atoms with van der Waals surface area (Å²) < 4.78 is 1.90. The van der Waals surface area contributed by atoms with Crippen molar-refractivity contribution >= 4 is 35.8 Å². The van der Waals surface area contributed by atoms with Crippen LogP contribution in [-0.2, 0) is 11.3 Å². The second-order valence-electron chi connectivity index (χ2n) is 7.53. The minimum absolute atomic E-state index is 0. The average molecular weight is 510 g/mol. The molecule has 0 saturated carbocycles. The van der Waals surface area contributed by atoms with Gasteiger partial charge in [0.15, 0.2) is 5.96 Å². The van der Waals surface area contributed by atoms with Crippen LogP contribution in [0.5, 0.6) is 0 Å². The third-order valence-corrected chi connectivity index (χ3v) is 4.97. The van der Waals surface area contributed by atoms with Gasteiger partial charge in [0.25, 0.3) is 0 Å². The predicted octanol–water partition coefficient (Wildman–Crippen LogP) is 2.72. The van der Waals surface area contributed by atoms with Crippen molar-refractivity contribution in [3.05, 3.63) is 47.8 Å². The molecule has 2 aromatic rings. The number of guanidine groups is 1. The SMILES string of the molecule is CN=C(NCc1ccccc1-n1ccc(C)n1)NC1CCN(C(=O)C(C)C)C1.I. The van der Waals surface area contributed by atoms with Crippen LogP contribution in [0.25, 0.3) is 5.69 Å². The van der Waals surface area contributed by atoms with E-state index in [1.54, 1.807) is 7.05 Å². The lowest BCUT2D eigenvalue weighted by molar-refractivity contribution is -0.133. The highest BCUT2D eigenvalue weighted by atomic mass is 127. The van der Waals surface area contributed by atoms with E-state index in [0.29, 0.717) is 6.54 Å². The summed E-state index contributed by atoms with van der Waals surface area (Å²) in [6.45, 7) is 8.03. The quantitative estimate of drug-likeness (QED) is 0.369. The van der Waals surface area contributed by atoms with Crippen molar-refractivity contribution in [3.63, 3.8) is 0 Å². The van der Waals surface area contributed by atoms with Crippen LogP contribution in [-0.4, -0.2) is 52.7 Å². The minimum atomic E-state index is 0. The minimum Gasteiger partial charge on any atom is -0.352 e. The Morgan fingerprint density at radius 1 is 1.31 bits per heavy atom. The first kappa shape index (κ1) is 23.2. The number of hydrogen-bond acceptors (Lipinski definition) is 3. The summed E-state index contributed by atoms with van der Waals surface area (Å²) in [4.78, 5) is 18.5. The van der Waals surface area contributed by atoms with Gasteiger partial charge in [0, 0.05) is 44.8 Å². The number of aromatic nitrogens is 2. The third kappa shape index (κ3) is 5.94. The fraction of sp³-hybridized carbons (Fsp3) is 0.476. The maximum Gasteiger partial charge on any atom is 0.225 e. The lowest BCUT2D eigenvalue weighted by atomic mass is 10.2. The van der Waals surface area contributed by atoms with Crippen LogP contribution in [0.3, 0.4) is 0 Å². The van der Waals surface area contributed by atoms with Crippen molar-refractivity contribution in [2.24, 2.45) is 10.9 Å². The molecule has 2 N–H and O–H groups in total. The van der Waals surface area contributed by atoms with E-state index in [0.717, 1.165) is 42.4 Å². The number of nitrogens with one attached hydrogen (secondary N) is 2. The van der Waals surface area contributed by atoms with Gasteiger partial charge in [-0.25, -0.2) is 4.68 Å². The van der Waals surface area contributed by atoms with Gasteiger partial charge in [-0.05, 0) is 31.0 Å². The molecule has 0 aliphatic carbocycles. The molecule has 1 fully saturated rings.